The van der Waals surface area contributed by atoms with Crippen LogP contribution >= 0.6 is 11.3 Å². The van der Waals surface area contributed by atoms with E-state index in [-0.39, 0.29) is 5.41 Å². The van der Waals surface area contributed by atoms with Gasteiger partial charge in [0.1, 0.15) is 17.5 Å². The molecule has 0 unspecified atom stereocenters. The molecule has 23 heavy (non-hydrogen) atoms. The van der Waals surface area contributed by atoms with Crippen molar-refractivity contribution in [3.8, 4) is 16.5 Å². The smallest absolute Gasteiger partial charge is 0.185 e. The fraction of sp³-hybridized carbons (Fsp3) is 0.471. The lowest BCUT2D eigenvalue weighted by Gasteiger charge is -2.14. The summed E-state index contributed by atoms with van der Waals surface area (Å²) < 4.78 is 0. The summed E-state index contributed by atoms with van der Waals surface area (Å²) in [6.45, 7) is 6.52. The van der Waals surface area contributed by atoms with Crippen molar-refractivity contribution in [1.82, 2.24) is 9.97 Å². The second-order valence-electron chi connectivity index (χ2n) is 7.02. The SMILES string of the molecule is Cc1c([C@H]2CC2(C)C)nc(N)c(C#N)c1-c1cnc(N(C)C)s1. The highest BCUT2D eigenvalue weighted by Crippen LogP contribution is 2.59. The maximum Gasteiger partial charge on any atom is 0.185 e. The lowest BCUT2D eigenvalue weighted by Crippen LogP contribution is -2.07. The van der Waals surface area contributed by atoms with Crippen molar-refractivity contribution in [3.63, 3.8) is 0 Å². The second-order valence-corrected chi connectivity index (χ2v) is 8.02. The third kappa shape index (κ3) is 2.55. The molecular formula is C17H21N5S. The Morgan fingerprint density at radius 3 is 2.57 bits per heavy atom. The minimum atomic E-state index is 0.262. The van der Waals surface area contributed by atoms with E-state index in [0.717, 1.165) is 33.3 Å². The van der Waals surface area contributed by atoms with E-state index in [0.29, 0.717) is 17.3 Å². The molecule has 1 aliphatic rings. The van der Waals surface area contributed by atoms with Crippen molar-refractivity contribution in [1.29, 1.82) is 5.26 Å². The number of nitriles is 1. The van der Waals surface area contributed by atoms with Crippen molar-refractivity contribution in [2.75, 3.05) is 24.7 Å². The van der Waals surface area contributed by atoms with Gasteiger partial charge in [0.15, 0.2) is 5.13 Å². The Kier molecular flexibility index (Phi) is 3.56. The Hall–Kier alpha value is -2.13. The third-order valence-electron chi connectivity index (χ3n) is 4.58. The van der Waals surface area contributed by atoms with E-state index < -0.39 is 0 Å². The number of nitrogen functional groups attached to an aromatic ring is 1. The monoisotopic (exact) mass is 327 g/mol. The molecule has 5 nitrogen and oxygen atoms in total. The number of nitrogens with zero attached hydrogens (tertiary/aromatic N) is 4. The molecule has 0 radical (unpaired) electrons. The van der Waals surface area contributed by atoms with Crippen LogP contribution in [0.25, 0.3) is 10.4 Å². The molecule has 2 N–H and O–H groups in total. The molecular weight excluding hydrogens is 306 g/mol. The number of hydrogen-bond donors (Lipinski definition) is 1. The molecule has 120 valence electrons. The molecule has 2 aromatic rings. The van der Waals surface area contributed by atoms with Crippen molar-refractivity contribution < 1.29 is 0 Å². The number of hydrogen-bond acceptors (Lipinski definition) is 6. The summed E-state index contributed by atoms with van der Waals surface area (Å²) in [6, 6.07) is 2.23. The van der Waals surface area contributed by atoms with E-state index in [2.05, 4.69) is 29.9 Å². The molecule has 0 amide bonds. The summed E-state index contributed by atoms with van der Waals surface area (Å²) in [5.41, 5.74) is 9.80. The zero-order valence-corrected chi connectivity index (χ0v) is 15.0. The van der Waals surface area contributed by atoms with Gasteiger partial charge in [-0.2, -0.15) is 5.26 Å². The van der Waals surface area contributed by atoms with Crippen LogP contribution in [0.5, 0.6) is 0 Å². The predicted octanol–water partition coefficient (Wildman–Crippen LogP) is 3.55. The number of thiazole rings is 1. The summed E-state index contributed by atoms with van der Waals surface area (Å²) in [5, 5.41) is 10.5. The first kappa shape index (κ1) is 15.8. The number of pyridine rings is 1. The molecule has 0 bridgehead atoms. The molecule has 2 aromatic heterocycles. The van der Waals surface area contributed by atoms with Gasteiger partial charge in [0, 0.05) is 31.8 Å². The summed E-state index contributed by atoms with van der Waals surface area (Å²) in [4.78, 5) is 11.9. The van der Waals surface area contributed by atoms with E-state index in [9.17, 15) is 5.26 Å². The van der Waals surface area contributed by atoms with Gasteiger partial charge in [-0.15, -0.1) is 0 Å². The van der Waals surface area contributed by atoms with E-state index in [1.165, 1.54) is 0 Å². The Balaban J connectivity index is 2.19. The van der Waals surface area contributed by atoms with Crippen LogP contribution in [0.1, 0.15) is 43.0 Å². The summed E-state index contributed by atoms with van der Waals surface area (Å²) in [6.07, 6.45) is 2.93. The van der Waals surface area contributed by atoms with Crippen molar-refractivity contribution in [2.45, 2.75) is 33.1 Å². The first-order valence-corrected chi connectivity index (χ1v) is 8.41. The van der Waals surface area contributed by atoms with Gasteiger partial charge in [-0.05, 0) is 24.3 Å². The summed E-state index contributed by atoms with van der Waals surface area (Å²) >= 11 is 1.57. The molecule has 1 fully saturated rings. The maximum absolute atomic E-state index is 9.55. The maximum atomic E-state index is 9.55. The standard InChI is InChI=1S/C17H21N5S/c1-9-13(12-8-20-16(23-12)22(4)5)10(7-18)15(19)21-14(9)11-6-17(11,2)3/h8,11H,6H2,1-5H3,(H2,19,21)/t11-/m1/s1. The zero-order valence-electron chi connectivity index (χ0n) is 14.1. The van der Waals surface area contributed by atoms with Crippen LogP contribution in [0.2, 0.25) is 0 Å². The Morgan fingerprint density at radius 2 is 2.09 bits per heavy atom. The van der Waals surface area contributed by atoms with Gasteiger partial charge in [-0.3, -0.25) is 0 Å². The number of anilines is 2. The molecule has 0 aromatic carbocycles. The van der Waals surface area contributed by atoms with Crippen LogP contribution in [-0.2, 0) is 0 Å². The second kappa shape index (κ2) is 5.20. The van der Waals surface area contributed by atoms with Gasteiger partial charge >= 0.3 is 0 Å². The molecule has 3 rings (SSSR count). The summed E-state index contributed by atoms with van der Waals surface area (Å²) in [5.74, 6) is 0.739. The quantitative estimate of drug-likeness (QED) is 0.932. The van der Waals surface area contributed by atoms with Crippen LogP contribution in [0.3, 0.4) is 0 Å². The predicted molar refractivity (Wildman–Crippen MR) is 94.7 cm³/mol. The van der Waals surface area contributed by atoms with Crippen LogP contribution in [0, 0.1) is 23.7 Å². The van der Waals surface area contributed by atoms with Gasteiger partial charge in [-0.25, -0.2) is 9.97 Å². The molecule has 1 saturated carbocycles. The molecule has 1 aliphatic carbocycles. The fourth-order valence-corrected chi connectivity index (χ4v) is 3.94. The van der Waals surface area contributed by atoms with Crippen molar-refractivity contribution in [2.24, 2.45) is 5.41 Å². The van der Waals surface area contributed by atoms with E-state index in [4.69, 9.17) is 5.73 Å². The highest BCUT2D eigenvalue weighted by molar-refractivity contribution is 7.18. The minimum Gasteiger partial charge on any atom is -0.383 e. The molecule has 1 atom stereocenters. The first-order valence-electron chi connectivity index (χ1n) is 7.60. The van der Waals surface area contributed by atoms with Crippen molar-refractivity contribution in [3.05, 3.63) is 23.0 Å². The van der Waals surface area contributed by atoms with Crippen LogP contribution in [0.4, 0.5) is 10.9 Å². The van der Waals surface area contributed by atoms with Crippen LogP contribution < -0.4 is 10.6 Å². The van der Waals surface area contributed by atoms with E-state index in [1.54, 1.807) is 11.3 Å². The Labute approximate surface area is 140 Å². The van der Waals surface area contributed by atoms with E-state index in [1.807, 2.05) is 32.1 Å². The first-order chi connectivity index (χ1) is 10.8. The zero-order chi connectivity index (χ0) is 16.9. The lowest BCUT2D eigenvalue weighted by molar-refractivity contribution is 0.615. The van der Waals surface area contributed by atoms with Crippen LogP contribution in [-0.4, -0.2) is 24.1 Å². The molecule has 0 aliphatic heterocycles. The number of rotatable bonds is 3. The largest absolute Gasteiger partial charge is 0.383 e. The van der Waals surface area contributed by atoms with Gasteiger partial charge in [0.25, 0.3) is 0 Å². The van der Waals surface area contributed by atoms with E-state index >= 15 is 0 Å². The van der Waals surface area contributed by atoms with Crippen molar-refractivity contribution >= 4 is 22.3 Å². The molecule has 0 spiro atoms. The van der Waals surface area contributed by atoms with Gasteiger partial charge in [0.2, 0.25) is 0 Å². The van der Waals surface area contributed by atoms with Gasteiger partial charge in [-0.1, -0.05) is 25.2 Å². The molecule has 6 heteroatoms. The Bertz CT molecular complexity index is 813. The summed E-state index contributed by atoms with van der Waals surface area (Å²) in [7, 11) is 3.92. The molecule has 0 saturated heterocycles. The van der Waals surface area contributed by atoms with Crippen LogP contribution in [0.15, 0.2) is 6.20 Å². The number of nitrogens with two attached hydrogens (primary N) is 1. The highest BCUT2D eigenvalue weighted by Gasteiger charge is 2.48. The normalized spacial score (nSPS) is 18.5. The average molecular weight is 327 g/mol. The number of aromatic nitrogens is 2. The Morgan fingerprint density at radius 1 is 1.43 bits per heavy atom. The molecule has 2 heterocycles. The highest BCUT2D eigenvalue weighted by atomic mass is 32.1. The third-order valence-corrected chi connectivity index (χ3v) is 5.77. The topological polar surface area (TPSA) is 78.8 Å². The van der Waals surface area contributed by atoms with Gasteiger partial charge < -0.3 is 10.6 Å². The minimum absolute atomic E-state index is 0.262. The van der Waals surface area contributed by atoms with Gasteiger partial charge in [0.05, 0.1) is 10.6 Å². The lowest BCUT2D eigenvalue weighted by atomic mass is 9.96. The fourth-order valence-electron chi connectivity index (χ4n) is 2.99. The average Bonchev–Trinajstić information content (AvgIpc) is 2.89.